The van der Waals surface area contributed by atoms with Crippen molar-refractivity contribution in [3.05, 3.63) is 82.8 Å². The molecule has 0 saturated carbocycles. The Morgan fingerprint density at radius 1 is 1.19 bits per heavy atom. The standard InChI is InChI=1S/C24H22F4N4O4S/c1-24(2,34)20-7-14(3-5-29-20)10-32(16-4-6-37(35,36)13-16)21(33)12-31-11-17(23(28)30-31)15-8-18(25)22(27)19(26)9-15/h3-9,11,16,34H,10,12-13H2,1-2H3/t16-/m1/s1. The van der Waals surface area contributed by atoms with E-state index >= 15 is 0 Å². The van der Waals surface area contributed by atoms with Gasteiger partial charge in [-0.3, -0.25) is 14.5 Å². The van der Waals surface area contributed by atoms with Crippen LogP contribution in [0.2, 0.25) is 0 Å². The van der Waals surface area contributed by atoms with Crippen molar-refractivity contribution < 1.29 is 35.9 Å². The van der Waals surface area contributed by atoms with E-state index in [1.807, 2.05) is 0 Å². The van der Waals surface area contributed by atoms with Gasteiger partial charge in [-0.05, 0) is 55.3 Å². The van der Waals surface area contributed by atoms with E-state index in [0.717, 1.165) is 16.3 Å². The van der Waals surface area contributed by atoms with Crippen molar-refractivity contribution in [3.63, 3.8) is 0 Å². The lowest BCUT2D eigenvalue weighted by Gasteiger charge is -2.28. The fraction of sp³-hybridized carbons (Fsp3) is 0.292. The van der Waals surface area contributed by atoms with Crippen LogP contribution in [0.1, 0.15) is 25.1 Å². The predicted octanol–water partition coefficient (Wildman–Crippen LogP) is 3.07. The summed E-state index contributed by atoms with van der Waals surface area (Å²) < 4.78 is 80.0. The maximum Gasteiger partial charge on any atom is 0.245 e. The summed E-state index contributed by atoms with van der Waals surface area (Å²) in [6, 6.07) is 3.57. The lowest BCUT2D eigenvalue weighted by molar-refractivity contribution is -0.133. The van der Waals surface area contributed by atoms with Gasteiger partial charge in [0.05, 0.1) is 23.1 Å². The van der Waals surface area contributed by atoms with Crippen LogP contribution in [0.4, 0.5) is 17.6 Å². The summed E-state index contributed by atoms with van der Waals surface area (Å²) in [5.74, 6) is -6.85. The Hall–Kier alpha value is -3.58. The van der Waals surface area contributed by atoms with Crippen molar-refractivity contribution >= 4 is 15.7 Å². The van der Waals surface area contributed by atoms with E-state index in [9.17, 15) is 35.9 Å². The summed E-state index contributed by atoms with van der Waals surface area (Å²) in [7, 11) is -3.53. The van der Waals surface area contributed by atoms with Crippen LogP contribution in [0, 0.1) is 23.4 Å². The molecule has 2 aromatic heterocycles. The molecule has 196 valence electrons. The normalized spacial score (nSPS) is 16.8. The summed E-state index contributed by atoms with van der Waals surface area (Å²) in [4.78, 5) is 18.7. The molecule has 1 aliphatic rings. The van der Waals surface area contributed by atoms with Crippen molar-refractivity contribution in [1.82, 2.24) is 19.7 Å². The zero-order chi connectivity index (χ0) is 27.1. The highest BCUT2D eigenvalue weighted by atomic mass is 32.2. The highest BCUT2D eigenvalue weighted by Gasteiger charge is 2.31. The molecule has 0 aliphatic carbocycles. The summed E-state index contributed by atoms with van der Waals surface area (Å²) in [6.07, 6.45) is 3.85. The summed E-state index contributed by atoms with van der Waals surface area (Å²) in [6.45, 7) is 2.49. The number of benzene rings is 1. The second-order valence-electron chi connectivity index (χ2n) is 9.14. The first-order chi connectivity index (χ1) is 17.2. The largest absolute Gasteiger partial charge is 0.384 e. The third-order valence-electron chi connectivity index (χ3n) is 5.74. The molecule has 13 heteroatoms. The lowest BCUT2D eigenvalue weighted by atomic mass is 10.0. The number of amides is 1. The number of halogens is 4. The van der Waals surface area contributed by atoms with Gasteiger partial charge in [-0.2, -0.15) is 4.39 Å². The smallest absolute Gasteiger partial charge is 0.245 e. The van der Waals surface area contributed by atoms with E-state index in [2.05, 4.69) is 10.1 Å². The van der Waals surface area contributed by atoms with E-state index in [-0.39, 0.29) is 23.4 Å². The Kier molecular flexibility index (Phi) is 6.95. The highest BCUT2D eigenvalue weighted by Crippen LogP contribution is 2.26. The van der Waals surface area contributed by atoms with Gasteiger partial charge in [-0.25, -0.2) is 21.6 Å². The van der Waals surface area contributed by atoms with Crippen LogP contribution in [0.25, 0.3) is 11.1 Å². The number of carbonyl (C=O) groups is 1. The van der Waals surface area contributed by atoms with Gasteiger partial charge in [-0.1, -0.05) is 0 Å². The number of aliphatic hydroxyl groups is 1. The molecule has 1 amide bonds. The van der Waals surface area contributed by atoms with E-state index in [1.165, 1.54) is 31.0 Å². The number of nitrogens with zero attached hydrogens (tertiary/aromatic N) is 4. The third kappa shape index (κ3) is 5.88. The summed E-state index contributed by atoms with van der Waals surface area (Å²) in [5.41, 5.74) is -1.04. The maximum atomic E-state index is 14.5. The molecule has 1 atom stereocenters. The van der Waals surface area contributed by atoms with Crippen LogP contribution in [0.3, 0.4) is 0 Å². The molecule has 1 aromatic carbocycles. The summed E-state index contributed by atoms with van der Waals surface area (Å²) >= 11 is 0. The van der Waals surface area contributed by atoms with Gasteiger partial charge in [-0.15, -0.1) is 5.10 Å². The number of rotatable bonds is 7. The monoisotopic (exact) mass is 538 g/mol. The molecular weight excluding hydrogens is 516 g/mol. The van der Waals surface area contributed by atoms with Crippen LogP contribution in [-0.2, 0) is 33.3 Å². The van der Waals surface area contributed by atoms with Gasteiger partial charge < -0.3 is 10.0 Å². The van der Waals surface area contributed by atoms with Crippen molar-refractivity contribution in [1.29, 1.82) is 0 Å². The zero-order valence-corrected chi connectivity index (χ0v) is 20.5. The predicted molar refractivity (Wildman–Crippen MR) is 124 cm³/mol. The summed E-state index contributed by atoms with van der Waals surface area (Å²) in [5, 5.41) is 14.8. The van der Waals surface area contributed by atoms with Crippen LogP contribution in [-0.4, -0.2) is 50.9 Å². The van der Waals surface area contributed by atoms with E-state index in [4.69, 9.17) is 0 Å². The molecule has 0 fully saturated rings. The van der Waals surface area contributed by atoms with Crippen molar-refractivity contribution in [3.8, 4) is 11.1 Å². The molecule has 1 aliphatic heterocycles. The minimum Gasteiger partial charge on any atom is -0.384 e. The average Bonchev–Trinajstić information content (AvgIpc) is 3.36. The van der Waals surface area contributed by atoms with Gasteiger partial charge >= 0.3 is 0 Å². The molecule has 0 unspecified atom stereocenters. The molecule has 0 radical (unpaired) electrons. The quantitative estimate of drug-likeness (QED) is 0.366. The molecule has 8 nitrogen and oxygen atoms in total. The van der Waals surface area contributed by atoms with Crippen molar-refractivity contribution in [2.45, 2.75) is 38.6 Å². The molecule has 0 saturated heterocycles. The number of carbonyl (C=O) groups excluding carboxylic acids is 1. The van der Waals surface area contributed by atoms with Crippen LogP contribution in [0.5, 0.6) is 0 Å². The first-order valence-corrected chi connectivity index (χ1v) is 12.7. The zero-order valence-electron chi connectivity index (χ0n) is 19.7. The Labute approximate surface area is 209 Å². The number of sulfone groups is 1. The molecule has 0 spiro atoms. The first kappa shape index (κ1) is 26.5. The topological polar surface area (TPSA) is 105 Å². The second kappa shape index (κ2) is 9.71. The Morgan fingerprint density at radius 2 is 1.86 bits per heavy atom. The SMILES string of the molecule is CC(C)(O)c1cc(CN(C(=O)Cn2cc(-c3cc(F)c(F)c(F)c3)c(F)n2)[C@@H]2C=CS(=O)(=O)C2)ccn1. The van der Waals surface area contributed by atoms with Crippen molar-refractivity contribution in [2.24, 2.45) is 0 Å². The minimum absolute atomic E-state index is 0.0556. The molecule has 3 aromatic rings. The van der Waals surface area contributed by atoms with E-state index in [1.54, 1.807) is 12.1 Å². The van der Waals surface area contributed by atoms with Gasteiger partial charge in [0, 0.05) is 24.3 Å². The molecule has 37 heavy (non-hydrogen) atoms. The Balaban J connectivity index is 1.62. The van der Waals surface area contributed by atoms with Gasteiger partial charge in [0.15, 0.2) is 27.3 Å². The van der Waals surface area contributed by atoms with Crippen LogP contribution in [0.15, 0.2) is 48.1 Å². The average molecular weight is 539 g/mol. The molecule has 0 bridgehead atoms. The van der Waals surface area contributed by atoms with Gasteiger partial charge in [0.1, 0.15) is 12.1 Å². The van der Waals surface area contributed by atoms with Gasteiger partial charge in [0.2, 0.25) is 11.9 Å². The third-order valence-corrected chi connectivity index (χ3v) is 7.12. The van der Waals surface area contributed by atoms with Gasteiger partial charge in [0.25, 0.3) is 0 Å². The molecular formula is C24H22F4N4O4S. The first-order valence-electron chi connectivity index (χ1n) is 11.0. The second-order valence-corrected chi connectivity index (χ2v) is 11.1. The fourth-order valence-corrected chi connectivity index (χ4v) is 5.16. The number of hydrogen-bond acceptors (Lipinski definition) is 6. The fourth-order valence-electron chi connectivity index (χ4n) is 3.86. The van der Waals surface area contributed by atoms with Crippen LogP contribution < -0.4 is 0 Å². The Morgan fingerprint density at radius 3 is 2.46 bits per heavy atom. The van der Waals surface area contributed by atoms with E-state index < -0.39 is 57.3 Å². The number of hydrogen-bond donors (Lipinski definition) is 1. The van der Waals surface area contributed by atoms with E-state index in [0.29, 0.717) is 23.4 Å². The molecule has 4 rings (SSSR count). The van der Waals surface area contributed by atoms with Crippen LogP contribution >= 0.6 is 0 Å². The maximum absolute atomic E-state index is 14.5. The number of pyridine rings is 1. The number of aromatic nitrogens is 3. The lowest BCUT2D eigenvalue weighted by Crippen LogP contribution is -2.42. The molecule has 1 N–H and O–H groups in total. The Bertz CT molecular complexity index is 1480. The minimum atomic E-state index is -3.53. The highest BCUT2D eigenvalue weighted by molar-refractivity contribution is 7.94. The van der Waals surface area contributed by atoms with Crippen molar-refractivity contribution in [2.75, 3.05) is 5.75 Å². The molecule has 3 heterocycles.